The van der Waals surface area contributed by atoms with Gasteiger partial charge < -0.3 is 33.7 Å². The molecule has 3 rings (SSSR count). The Kier molecular flexibility index (Phi) is 20.3. The number of carbonyl (C=O) groups is 3. The molecule has 2 aliphatic rings. The zero-order chi connectivity index (χ0) is 36.7. The van der Waals surface area contributed by atoms with Crippen LogP contribution in [0.1, 0.15) is 103 Å². The number of alkyl carbamates (subject to hydrolysis) is 1. The highest BCUT2D eigenvalue weighted by Gasteiger charge is 2.24. The lowest BCUT2D eigenvalue weighted by Gasteiger charge is -2.14. The van der Waals surface area contributed by atoms with Gasteiger partial charge in [-0.1, -0.05) is 51.4 Å². The van der Waals surface area contributed by atoms with Crippen LogP contribution in [0.3, 0.4) is 0 Å². The van der Waals surface area contributed by atoms with Crippen LogP contribution in [0.5, 0.6) is 0 Å². The molecule has 0 aromatic carbocycles. The molecule has 2 aliphatic heterocycles. The molecule has 2 atom stereocenters. The Labute approximate surface area is 299 Å². The number of esters is 2. The molecule has 16 nitrogen and oxygen atoms in total. The summed E-state index contributed by atoms with van der Waals surface area (Å²) >= 11 is 0. The number of methoxy groups -OCH3 is 1. The molecule has 16 heteroatoms. The molecule has 1 aromatic rings. The van der Waals surface area contributed by atoms with E-state index in [1.807, 2.05) is 0 Å². The Morgan fingerprint density at radius 1 is 0.588 bits per heavy atom. The van der Waals surface area contributed by atoms with Crippen molar-refractivity contribution in [3.05, 3.63) is 31.5 Å². The third kappa shape index (κ3) is 18.0. The second-order valence-electron chi connectivity index (χ2n) is 13.1. The van der Waals surface area contributed by atoms with Gasteiger partial charge in [-0.15, -0.1) is 0 Å². The summed E-state index contributed by atoms with van der Waals surface area (Å²) in [7, 11) is 1.55. The molecule has 0 aliphatic carbocycles. The van der Waals surface area contributed by atoms with Gasteiger partial charge in [0.25, 0.3) is 0 Å². The number of hydrogen-bond donors (Lipinski definition) is 1. The number of amides is 1. The first-order chi connectivity index (χ1) is 24.8. The topological polar surface area (TPSA) is 191 Å². The van der Waals surface area contributed by atoms with Crippen molar-refractivity contribution in [1.82, 2.24) is 19.0 Å². The van der Waals surface area contributed by atoms with Crippen LogP contribution < -0.4 is 22.4 Å². The summed E-state index contributed by atoms with van der Waals surface area (Å²) in [5.41, 5.74) is -1.78. The van der Waals surface area contributed by atoms with Crippen molar-refractivity contribution < 1.29 is 42.8 Å². The number of epoxide rings is 2. The van der Waals surface area contributed by atoms with Crippen LogP contribution in [0.4, 0.5) is 4.79 Å². The van der Waals surface area contributed by atoms with Crippen molar-refractivity contribution in [2.75, 3.05) is 53.3 Å². The lowest BCUT2D eigenvalue weighted by molar-refractivity contribution is -0.145. The van der Waals surface area contributed by atoms with Crippen molar-refractivity contribution >= 4 is 18.0 Å². The van der Waals surface area contributed by atoms with Gasteiger partial charge >= 0.3 is 35.1 Å². The number of hydrogen-bond acceptors (Lipinski definition) is 12. The van der Waals surface area contributed by atoms with Crippen molar-refractivity contribution in [2.24, 2.45) is 0 Å². The van der Waals surface area contributed by atoms with Crippen LogP contribution in [0.15, 0.2) is 14.4 Å². The van der Waals surface area contributed by atoms with Crippen LogP contribution in [0.2, 0.25) is 0 Å². The van der Waals surface area contributed by atoms with E-state index in [-0.39, 0.29) is 57.0 Å². The molecule has 2 fully saturated rings. The Hall–Kier alpha value is -3.50. The Bertz CT molecular complexity index is 1290. The van der Waals surface area contributed by atoms with E-state index in [0.29, 0.717) is 77.9 Å². The Morgan fingerprint density at radius 2 is 1.00 bits per heavy atom. The molecule has 2 unspecified atom stereocenters. The van der Waals surface area contributed by atoms with Crippen LogP contribution in [0, 0.1) is 0 Å². The smallest absolute Gasteiger partial charge is 0.407 e. The maximum atomic E-state index is 13.4. The van der Waals surface area contributed by atoms with Gasteiger partial charge in [-0.25, -0.2) is 32.9 Å². The van der Waals surface area contributed by atoms with E-state index in [2.05, 4.69) is 5.32 Å². The fourth-order valence-corrected chi connectivity index (χ4v) is 5.45. The number of carbonyl (C=O) groups excluding carboxylic acids is 3. The first-order valence-electron chi connectivity index (χ1n) is 18.7. The van der Waals surface area contributed by atoms with Crippen LogP contribution >= 0.6 is 0 Å². The Balaban J connectivity index is 1.45. The fraction of sp³-hybridized carbons (Fsp3) is 0.829. The van der Waals surface area contributed by atoms with Gasteiger partial charge in [0.2, 0.25) is 0 Å². The van der Waals surface area contributed by atoms with Crippen LogP contribution in [-0.4, -0.2) is 97.2 Å². The lowest BCUT2D eigenvalue weighted by atomic mass is 10.1. The fourth-order valence-electron chi connectivity index (χ4n) is 5.45. The minimum Gasteiger partial charge on any atom is -0.463 e. The number of unbranched alkanes of at least 4 members (excludes halogenated alkanes) is 11. The van der Waals surface area contributed by atoms with E-state index in [0.717, 1.165) is 57.8 Å². The van der Waals surface area contributed by atoms with Gasteiger partial charge in [-0.05, 0) is 38.5 Å². The second-order valence-corrected chi connectivity index (χ2v) is 13.1. The number of nitrogens with zero attached hydrogens (tertiary/aromatic N) is 3. The highest BCUT2D eigenvalue weighted by molar-refractivity contribution is 5.69. The lowest BCUT2D eigenvalue weighted by Crippen LogP contribution is -2.54. The molecule has 0 radical (unpaired) electrons. The van der Waals surface area contributed by atoms with E-state index >= 15 is 0 Å². The first-order valence-corrected chi connectivity index (χ1v) is 18.7. The summed E-state index contributed by atoms with van der Waals surface area (Å²) < 4.78 is 33.7. The molecule has 1 N–H and O–H groups in total. The molecule has 1 aromatic heterocycles. The van der Waals surface area contributed by atoms with E-state index < -0.39 is 23.2 Å². The van der Waals surface area contributed by atoms with E-state index in [1.54, 1.807) is 7.11 Å². The van der Waals surface area contributed by atoms with Gasteiger partial charge in [0.05, 0.1) is 19.8 Å². The third-order valence-corrected chi connectivity index (χ3v) is 8.67. The van der Waals surface area contributed by atoms with Gasteiger partial charge in [-0.2, -0.15) is 0 Å². The highest BCUT2D eigenvalue weighted by atomic mass is 16.6. The summed E-state index contributed by atoms with van der Waals surface area (Å²) in [6, 6.07) is 0. The quantitative estimate of drug-likeness (QED) is 0.0529. The molecule has 1 amide bonds. The SMILES string of the molecule is COCCOC(=O)CCCCCCCn1c(=O)n(CCCCCCCC(=O)OCC2CO2)c(=O)n(CCCCCCNC(=O)OCC2CO2)c1=O. The average Bonchev–Trinajstić information content (AvgIpc) is 4.05. The molecule has 51 heavy (non-hydrogen) atoms. The minimum atomic E-state index is -0.593. The molecule has 0 saturated carbocycles. The summed E-state index contributed by atoms with van der Waals surface area (Å²) in [5, 5.41) is 2.70. The van der Waals surface area contributed by atoms with Crippen molar-refractivity contribution in [3.63, 3.8) is 0 Å². The van der Waals surface area contributed by atoms with Gasteiger partial charge in [-0.3, -0.25) is 9.59 Å². The number of rotatable bonds is 30. The summed E-state index contributed by atoms with van der Waals surface area (Å²) in [6.07, 6.45) is 10.5. The monoisotopic (exact) mass is 726 g/mol. The molecule has 0 bridgehead atoms. The van der Waals surface area contributed by atoms with Crippen molar-refractivity contribution in [3.8, 4) is 0 Å². The largest absolute Gasteiger partial charge is 0.463 e. The predicted molar refractivity (Wildman–Crippen MR) is 186 cm³/mol. The van der Waals surface area contributed by atoms with Gasteiger partial charge in [0.1, 0.15) is 32.0 Å². The van der Waals surface area contributed by atoms with Crippen molar-refractivity contribution in [2.45, 2.75) is 135 Å². The van der Waals surface area contributed by atoms with Crippen LogP contribution in [0.25, 0.3) is 0 Å². The third-order valence-electron chi connectivity index (χ3n) is 8.67. The highest BCUT2D eigenvalue weighted by Crippen LogP contribution is 2.12. The molecule has 3 heterocycles. The molecule has 0 spiro atoms. The number of nitrogens with one attached hydrogen (secondary N) is 1. The first kappa shape index (κ1) is 41.9. The maximum absolute atomic E-state index is 13.4. The molecular formula is C35H58N4O12. The normalized spacial score (nSPS) is 16.1. The molecule has 290 valence electrons. The molecule has 2 saturated heterocycles. The average molecular weight is 727 g/mol. The van der Waals surface area contributed by atoms with E-state index in [9.17, 15) is 28.8 Å². The summed E-state index contributed by atoms with van der Waals surface area (Å²) in [4.78, 5) is 75.4. The molecular weight excluding hydrogens is 668 g/mol. The van der Waals surface area contributed by atoms with Crippen molar-refractivity contribution in [1.29, 1.82) is 0 Å². The van der Waals surface area contributed by atoms with E-state index in [1.165, 1.54) is 13.7 Å². The summed E-state index contributed by atoms with van der Waals surface area (Å²) in [6.45, 7) is 3.50. The Morgan fingerprint density at radius 3 is 1.47 bits per heavy atom. The maximum Gasteiger partial charge on any atom is 0.407 e. The number of ether oxygens (including phenoxy) is 6. The van der Waals surface area contributed by atoms with Crippen LogP contribution in [-0.2, 0) is 57.6 Å². The zero-order valence-electron chi connectivity index (χ0n) is 30.3. The second kappa shape index (κ2) is 24.6. The van der Waals surface area contributed by atoms with Gasteiger partial charge in [0.15, 0.2) is 0 Å². The van der Waals surface area contributed by atoms with Gasteiger partial charge in [0, 0.05) is 46.1 Å². The standard InChI is InChI=1S/C35H58N4O12/c1-46-22-23-47-30(40)16-10-4-2-7-13-19-37-33(43)38(20-14-8-3-5-11-17-31(41)50-26-28-24-48-28)35(45)39(34(37)44)21-15-9-6-12-18-36-32(42)51-27-29-25-49-29/h28-29H,2-27H2,1H3,(H,36,42). The minimum absolute atomic E-state index is 0.0140. The predicted octanol–water partition coefficient (Wildman–Crippen LogP) is 2.67. The van der Waals surface area contributed by atoms with E-state index in [4.69, 9.17) is 28.4 Å². The summed E-state index contributed by atoms with van der Waals surface area (Å²) in [5.74, 6) is -0.479. The number of aromatic nitrogens is 3. The zero-order valence-corrected chi connectivity index (χ0v) is 30.3.